The van der Waals surface area contributed by atoms with Crippen LogP contribution >= 0.6 is 0 Å². The van der Waals surface area contributed by atoms with Gasteiger partial charge in [0.15, 0.2) is 0 Å². The van der Waals surface area contributed by atoms with Crippen molar-refractivity contribution in [3.8, 4) is 0 Å². The molecular weight excluding hydrogens is 304 g/mol. The van der Waals surface area contributed by atoms with E-state index in [9.17, 15) is 9.59 Å². The fraction of sp³-hybridized carbons (Fsp3) is 0.556. The summed E-state index contributed by atoms with van der Waals surface area (Å²) in [5.41, 5.74) is 3.11. The van der Waals surface area contributed by atoms with E-state index < -0.39 is 5.92 Å². The van der Waals surface area contributed by atoms with Gasteiger partial charge in [-0.15, -0.1) is 0 Å². The lowest BCUT2D eigenvalue weighted by Crippen LogP contribution is -2.59. The molecule has 6 heteroatoms. The normalized spacial score (nSPS) is 26.2. The summed E-state index contributed by atoms with van der Waals surface area (Å²) in [6.45, 7) is 2.59. The Balaban J connectivity index is 1.82. The molecular formula is C18H24N4O2. The monoisotopic (exact) mass is 328 g/mol. The Morgan fingerprint density at radius 1 is 1.25 bits per heavy atom. The third-order valence-corrected chi connectivity index (χ3v) is 4.92. The summed E-state index contributed by atoms with van der Waals surface area (Å²) in [5, 5.41) is 0. The predicted molar refractivity (Wildman–Crippen MR) is 94.1 cm³/mol. The largest absolute Gasteiger partial charge is 0.331 e. The summed E-state index contributed by atoms with van der Waals surface area (Å²) in [7, 11) is 3.16. The van der Waals surface area contributed by atoms with Crippen molar-refractivity contribution in [1.29, 1.82) is 0 Å². The minimum absolute atomic E-state index is 0.250. The number of rotatable bonds is 3. The van der Waals surface area contributed by atoms with Crippen LogP contribution in [0.25, 0.3) is 0 Å². The number of imide groups is 1. The molecule has 3 rings (SSSR count). The molecule has 128 valence electrons. The molecule has 0 aromatic carbocycles. The second-order valence-electron chi connectivity index (χ2n) is 6.60. The van der Waals surface area contributed by atoms with Gasteiger partial charge in [0.05, 0.1) is 5.71 Å². The second kappa shape index (κ2) is 6.71. The Morgan fingerprint density at radius 3 is 2.75 bits per heavy atom. The predicted octanol–water partition coefficient (Wildman–Crippen LogP) is 2.77. The Labute approximate surface area is 142 Å². The van der Waals surface area contributed by atoms with Gasteiger partial charge in [-0.05, 0) is 44.6 Å². The van der Waals surface area contributed by atoms with Crippen molar-refractivity contribution in [2.75, 3.05) is 20.6 Å². The zero-order valence-corrected chi connectivity index (χ0v) is 14.6. The molecule has 1 fully saturated rings. The number of amidine groups is 1. The molecule has 0 N–H and O–H groups in total. The van der Waals surface area contributed by atoms with Gasteiger partial charge in [-0.25, -0.2) is 9.79 Å². The lowest BCUT2D eigenvalue weighted by atomic mass is 9.90. The van der Waals surface area contributed by atoms with E-state index in [1.165, 1.54) is 36.8 Å². The number of carbonyl (C=O) groups is 2. The number of fused-ring (bicyclic) bond motifs is 1. The van der Waals surface area contributed by atoms with E-state index >= 15 is 0 Å². The molecule has 0 radical (unpaired) electrons. The third kappa shape index (κ3) is 2.92. The molecule has 3 aliphatic rings. The zero-order chi connectivity index (χ0) is 17.3. The van der Waals surface area contributed by atoms with E-state index in [0.717, 1.165) is 29.0 Å². The lowest BCUT2D eigenvalue weighted by Gasteiger charge is -2.37. The van der Waals surface area contributed by atoms with E-state index in [1.54, 1.807) is 13.2 Å². The van der Waals surface area contributed by atoms with Crippen LogP contribution in [0.4, 0.5) is 4.79 Å². The molecule has 0 bridgehead atoms. The summed E-state index contributed by atoms with van der Waals surface area (Å²) >= 11 is 0. The van der Waals surface area contributed by atoms with Crippen LogP contribution < -0.4 is 0 Å². The summed E-state index contributed by atoms with van der Waals surface area (Å²) < 4.78 is 0. The Bertz CT molecular complexity index is 687. The Kier molecular flexibility index (Phi) is 4.64. The number of urea groups is 1. The van der Waals surface area contributed by atoms with Crippen LogP contribution in [0, 0.1) is 5.92 Å². The molecule has 0 aromatic rings. The fourth-order valence-electron chi connectivity index (χ4n) is 3.44. The van der Waals surface area contributed by atoms with Gasteiger partial charge in [0, 0.05) is 26.8 Å². The van der Waals surface area contributed by atoms with Crippen LogP contribution in [0.5, 0.6) is 0 Å². The molecule has 1 aliphatic carbocycles. The highest BCUT2D eigenvalue weighted by atomic mass is 16.2. The second-order valence-corrected chi connectivity index (χ2v) is 6.60. The molecule has 1 atom stereocenters. The highest BCUT2D eigenvalue weighted by molar-refractivity contribution is 6.33. The number of hydrogen-bond acceptors (Lipinski definition) is 4. The first-order valence-corrected chi connectivity index (χ1v) is 8.53. The van der Waals surface area contributed by atoms with Gasteiger partial charge in [-0.3, -0.25) is 19.6 Å². The summed E-state index contributed by atoms with van der Waals surface area (Å²) in [5.74, 6) is -0.340. The summed E-state index contributed by atoms with van der Waals surface area (Å²) in [6, 6.07) is -0.352. The molecule has 24 heavy (non-hydrogen) atoms. The molecule has 3 amide bonds. The van der Waals surface area contributed by atoms with Crippen molar-refractivity contribution in [2.24, 2.45) is 15.9 Å². The Hall–Kier alpha value is -2.24. The standard InChI is InChI=1S/C18H24N4O2/c1-12-11-20-16-14(17(23)22(3)18(24)21(16)2)15(12)19-10-9-13-7-5-4-6-8-13/h7,11,14H,4-6,8-10H2,1-3H3. The van der Waals surface area contributed by atoms with E-state index in [1.807, 2.05) is 6.92 Å². The number of hydrogen-bond donors (Lipinski definition) is 0. The smallest absolute Gasteiger partial charge is 0.288 e. The maximum absolute atomic E-state index is 12.6. The van der Waals surface area contributed by atoms with E-state index in [2.05, 4.69) is 11.1 Å². The molecule has 1 unspecified atom stereocenters. The molecule has 6 nitrogen and oxygen atoms in total. The van der Waals surface area contributed by atoms with Crippen molar-refractivity contribution >= 4 is 23.5 Å². The molecule has 0 saturated carbocycles. The average Bonchev–Trinajstić information content (AvgIpc) is 2.60. The van der Waals surface area contributed by atoms with Gasteiger partial charge in [-0.2, -0.15) is 0 Å². The van der Waals surface area contributed by atoms with Crippen LogP contribution in [-0.2, 0) is 4.79 Å². The first-order chi connectivity index (χ1) is 11.5. The van der Waals surface area contributed by atoms with Crippen molar-refractivity contribution in [2.45, 2.75) is 39.0 Å². The van der Waals surface area contributed by atoms with E-state index in [-0.39, 0.29) is 11.9 Å². The van der Waals surface area contributed by atoms with Gasteiger partial charge in [0.1, 0.15) is 11.8 Å². The van der Waals surface area contributed by atoms with Crippen LogP contribution in [0.15, 0.2) is 33.4 Å². The molecule has 1 saturated heterocycles. The number of amides is 3. The zero-order valence-electron chi connectivity index (χ0n) is 14.6. The SMILES string of the molecule is CC1=CN=C2C(C(=O)N(C)C(=O)N2C)C1=NCCC1=CCCCC1. The molecule has 2 heterocycles. The molecule has 2 aliphatic heterocycles. The van der Waals surface area contributed by atoms with Gasteiger partial charge < -0.3 is 0 Å². The average molecular weight is 328 g/mol. The fourth-order valence-corrected chi connectivity index (χ4v) is 3.44. The van der Waals surface area contributed by atoms with E-state index in [0.29, 0.717) is 12.4 Å². The highest BCUT2D eigenvalue weighted by Crippen LogP contribution is 2.26. The van der Waals surface area contributed by atoms with Gasteiger partial charge >= 0.3 is 6.03 Å². The van der Waals surface area contributed by atoms with Crippen LogP contribution in [0.1, 0.15) is 39.0 Å². The van der Waals surface area contributed by atoms with Crippen LogP contribution in [-0.4, -0.2) is 53.9 Å². The molecule has 0 spiro atoms. The maximum atomic E-state index is 12.6. The maximum Gasteiger partial charge on any atom is 0.331 e. The van der Waals surface area contributed by atoms with Gasteiger partial charge in [-0.1, -0.05) is 11.6 Å². The first kappa shape index (κ1) is 16.6. The number of nitrogens with zero attached hydrogens (tertiary/aromatic N) is 4. The third-order valence-electron chi connectivity index (χ3n) is 4.92. The highest BCUT2D eigenvalue weighted by Gasteiger charge is 2.44. The number of allylic oxidation sites excluding steroid dienone is 2. The summed E-state index contributed by atoms with van der Waals surface area (Å²) in [4.78, 5) is 36.3. The quantitative estimate of drug-likeness (QED) is 0.748. The summed E-state index contributed by atoms with van der Waals surface area (Å²) in [6.07, 6.45) is 9.84. The van der Waals surface area contributed by atoms with Gasteiger partial charge in [0.2, 0.25) is 5.91 Å². The minimum Gasteiger partial charge on any atom is -0.288 e. The van der Waals surface area contributed by atoms with Gasteiger partial charge in [0.25, 0.3) is 0 Å². The van der Waals surface area contributed by atoms with Crippen molar-refractivity contribution in [1.82, 2.24) is 9.80 Å². The first-order valence-electron chi connectivity index (χ1n) is 8.53. The van der Waals surface area contributed by atoms with Crippen molar-refractivity contribution < 1.29 is 9.59 Å². The van der Waals surface area contributed by atoms with Crippen molar-refractivity contribution in [3.63, 3.8) is 0 Å². The van der Waals surface area contributed by atoms with E-state index in [4.69, 9.17) is 4.99 Å². The van der Waals surface area contributed by atoms with Crippen LogP contribution in [0.3, 0.4) is 0 Å². The van der Waals surface area contributed by atoms with Crippen molar-refractivity contribution in [3.05, 3.63) is 23.4 Å². The minimum atomic E-state index is -0.567. The van der Waals surface area contributed by atoms with Crippen LogP contribution in [0.2, 0.25) is 0 Å². The number of aliphatic imine (C=N–C) groups is 2. The Morgan fingerprint density at radius 2 is 2.04 bits per heavy atom. The topological polar surface area (TPSA) is 65.3 Å². The number of carbonyl (C=O) groups excluding carboxylic acids is 2. The lowest BCUT2D eigenvalue weighted by molar-refractivity contribution is -0.128. The molecule has 0 aromatic heterocycles.